The second kappa shape index (κ2) is 31.3. The first-order valence-corrected chi connectivity index (χ1v) is 15.4. The van der Waals surface area contributed by atoms with Crippen molar-refractivity contribution in [2.24, 2.45) is 0 Å². The third-order valence-corrected chi connectivity index (χ3v) is 6.80. The summed E-state index contributed by atoms with van der Waals surface area (Å²) < 4.78 is 5.49. The largest absolute Gasteiger partial charge is 0.473 e. The molecule has 0 aromatic heterocycles. The molecular weight excluding hydrogens is 400 g/mol. The molecule has 0 fully saturated rings. The van der Waals surface area contributed by atoms with Gasteiger partial charge in [0, 0.05) is 0 Å². The standard InChI is InChI=1S/C32H62O/c1-3-5-7-9-11-13-15-17-19-21-23-25-27-29-31-33-32-30-28-26-24-22-20-18-16-14-12-10-8-6-4-2/h29-32H,3-28H2,1-2H3/b31-29+,32-30+. The van der Waals surface area contributed by atoms with E-state index in [1.54, 1.807) is 0 Å². The van der Waals surface area contributed by atoms with Crippen molar-refractivity contribution in [3.05, 3.63) is 24.7 Å². The van der Waals surface area contributed by atoms with Crippen LogP contribution in [-0.2, 0) is 4.74 Å². The van der Waals surface area contributed by atoms with Crippen molar-refractivity contribution in [1.82, 2.24) is 0 Å². The molecule has 0 aliphatic heterocycles. The van der Waals surface area contributed by atoms with Crippen LogP contribution in [0.1, 0.15) is 181 Å². The Labute approximate surface area is 210 Å². The maximum absolute atomic E-state index is 5.49. The Hall–Kier alpha value is -0.720. The van der Waals surface area contributed by atoms with Crippen LogP contribution in [0.2, 0.25) is 0 Å². The lowest BCUT2D eigenvalue weighted by Crippen LogP contribution is -1.82. The van der Waals surface area contributed by atoms with Gasteiger partial charge in [0.1, 0.15) is 0 Å². The molecule has 0 rings (SSSR count). The van der Waals surface area contributed by atoms with Crippen LogP contribution in [-0.4, -0.2) is 0 Å². The summed E-state index contributed by atoms with van der Waals surface area (Å²) in [6.45, 7) is 4.59. The molecule has 0 spiro atoms. The van der Waals surface area contributed by atoms with Gasteiger partial charge in [-0.05, 0) is 37.8 Å². The quantitative estimate of drug-likeness (QED) is 0.0829. The molecule has 1 heteroatoms. The summed E-state index contributed by atoms with van der Waals surface area (Å²) >= 11 is 0. The Morgan fingerprint density at radius 1 is 0.333 bits per heavy atom. The molecule has 196 valence electrons. The van der Waals surface area contributed by atoms with Gasteiger partial charge in [0.15, 0.2) is 0 Å². The van der Waals surface area contributed by atoms with Crippen molar-refractivity contribution in [2.45, 2.75) is 181 Å². The minimum atomic E-state index is 1.16. The number of ether oxygens (including phenoxy) is 1. The van der Waals surface area contributed by atoms with Gasteiger partial charge < -0.3 is 4.74 Å². The molecule has 0 aromatic carbocycles. The topological polar surface area (TPSA) is 9.23 Å². The summed E-state index contributed by atoms with van der Waals surface area (Å²) in [5.41, 5.74) is 0. The van der Waals surface area contributed by atoms with Crippen LogP contribution in [0.5, 0.6) is 0 Å². The van der Waals surface area contributed by atoms with Gasteiger partial charge in [0.05, 0.1) is 12.5 Å². The first-order valence-electron chi connectivity index (χ1n) is 15.4. The molecule has 0 radical (unpaired) electrons. The Bertz CT molecular complexity index is 348. The fourth-order valence-corrected chi connectivity index (χ4v) is 4.50. The first-order chi connectivity index (χ1) is 16.4. The molecule has 0 heterocycles. The molecule has 0 saturated carbocycles. The molecule has 0 aliphatic rings. The first kappa shape index (κ1) is 32.3. The van der Waals surface area contributed by atoms with Crippen molar-refractivity contribution in [3.8, 4) is 0 Å². The highest BCUT2D eigenvalue weighted by molar-refractivity contribution is 4.79. The fraction of sp³-hybridized carbons (Fsp3) is 0.875. The number of unbranched alkanes of at least 4 members (excludes halogenated alkanes) is 24. The van der Waals surface area contributed by atoms with Crippen LogP contribution in [0.4, 0.5) is 0 Å². The zero-order chi connectivity index (χ0) is 23.9. The van der Waals surface area contributed by atoms with Gasteiger partial charge in [0.2, 0.25) is 0 Å². The SMILES string of the molecule is CCCCCCCCCCCCCC/C=C/O/C=C/CCCCCCCCCCCCCC. The average molecular weight is 463 g/mol. The summed E-state index contributed by atoms with van der Waals surface area (Å²) in [6.07, 6.45) is 44.4. The Balaban J connectivity index is 3.14. The molecule has 0 aromatic rings. The minimum absolute atomic E-state index is 1.16. The summed E-state index contributed by atoms with van der Waals surface area (Å²) in [5.74, 6) is 0. The van der Waals surface area contributed by atoms with Gasteiger partial charge >= 0.3 is 0 Å². The monoisotopic (exact) mass is 462 g/mol. The maximum Gasteiger partial charge on any atom is 0.0861 e. The number of allylic oxidation sites excluding steroid dienone is 2. The van der Waals surface area contributed by atoms with Gasteiger partial charge in [-0.2, -0.15) is 0 Å². The molecule has 33 heavy (non-hydrogen) atoms. The van der Waals surface area contributed by atoms with Crippen LogP contribution in [0.25, 0.3) is 0 Å². The minimum Gasteiger partial charge on any atom is -0.473 e. The molecule has 0 bridgehead atoms. The van der Waals surface area contributed by atoms with Crippen LogP contribution in [0, 0.1) is 0 Å². The molecule has 0 atom stereocenters. The third-order valence-electron chi connectivity index (χ3n) is 6.80. The second-order valence-electron chi connectivity index (χ2n) is 10.2. The Morgan fingerprint density at radius 3 is 0.848 bits per heavy atom. The average Bonchev–Trinajstić information content (AvgIpc) is 2.83. The molecule has 0 N–H and O–H groups in total. The van der Waals surface area contributed by atoms with E-state index in [0.717, 1.165) is 12.8 Å². The van der Waals surface area contributed by atoms with Crippen LogP contribution < -0.4 is 0 Å². The summed E-state index contributed by atoms with van der Waals surface area (Å²) in [4.78, 5) is 0. The van der Waals surface area contributed by atoms with Crippen molar-refractivity contribution >= 4 is 0 Å². The lowest BCUT2D eigenvalue weighted by atomic mass is 10.0. The number of hydrogen-bond acceptors (Lipinski definition) is 1. The highest BCUT2D eigenvalue weighted by atomic mass is 16.5. The van der Waals surface area contributed by atoms with Crippen molar-refractivity contribution in [2.75, 3.05) is 0 Å². The molecule has 0 amide bonds. The number of hydrogen-bond donors (Lipinski definition) is 0. The van der Waals surface area contributed by atoms with Crippen molar-refractivity contribution in [3.63, 3.8) is 0 Å². The highest BCUT2D eigenvalue weighted by Gasteiger charge is 1.94. The van der Waals surface area contributed by atoms with Crippen LogP contribution in [0.3, 0.4) is 0 Å². The summed E-state index contributed by atoms with van der Waals surface area (Å²) in [5, 5.41) is 0. The molecule has 0 aliphatic carbocycles. The zero-order valence-corrected chi connectivity index (χ0v) is 23.1. The third kappa shape index (κ3) is 31.3. The van der Waals surface area contributed by atoms with Crippen molar-refractivity contribution in [1.29, 1.82) is 0 Å². The Kier molecular flexibility index (Phi) is 30.6. The highest BCUT2D eigenvalue weighted by Crippen LogP contribution is 2.14. The Morgan fingerprint density at radius 2 is 0.576 bits per heavy atom. The lowest BCUT2D eigenvalue weighted by molar-refractivity contribution is 0.397. The predicted molar refractivity (Wildman–Crippen MR) is 151 cm³/mol. The molecule has 0 saturated heterocycles. The summed E-state index contributed by atoms with van der Waals surface area (Å²) in [6, 6.07) is 0. The fourth-order valence-electron chi connectivity index (χ4n) is 4.50. The van der Waals surface area contributed by atoms with Gasteiger partial charge in [-0.15, -0.1) is 0 Å². The second-order valence-corrected chi connectivity index (χ2v) is 10.2. The van der Waals surface area contributed by atoms with E-state index in [1.165, 1.54) is 154 Å². The van der Waals surface area contributed by atoms with Gasteiger partial charge in [0.25, 0.3) is 0 Å². The lowest BCUT2D eigenvalue weighted by Gasteiger charge is -2.02. The van der Waals surface area contributed by atoms with E-state index in [4.69, 9.17) is 4.74 Å². The van der Waals surface area contributed by atoms with E-state index in [1.807, 2.05) is 12.5 Å². The van der Waals surface area contributed by atoms with E-state index in [-0.39, 0.29) is 0 Å². The van der Waals surface area contributed by atoms with Crippen molar-refractivity contribution < 1.29 is 4.74 Å². The van der Waals surface area contributed by atoms with Crippen LogP contribution >= 0.6 is 0 Å². The van der Waals surface area contributed by atoms with E-state index >= 15 is 0 Å². The normalized spacial score (nSPS) is 11.8. The number of rotatable bonds is 28. The van der Waals surface area contributed by atoms with Crippen LogP contribution in [0.15, 0.2) is 24.7 Å². The van der Waals surface area contributed by atoms with E-state index in [0.29, 0.717) is 0 Å². The zero-order valence-electron chi connectivity index (χ0n) is 23.1. The van der Waals surface area contributed by atoms with E-state index in [2.05, 4.69) is 26.0 Å². The van der Waals surface area contributed by atoms with Gasteiger partial charge in [-0.3, -0.25) is 0 Å². The molecule has 0 unspecified atom stereocenters. The summed E-state index contributed by atoms with van der Waals surface area (Å²) in [7, 11) is 0. The van der Waals surface area contributed by atoms with E-state index in [9.17, 15) is 0 Å². The predicted octanol–water partition coefficient (Wildman–Crippen LogP) is 12.2. The van der Waals surface area contributed by atoms with Gasteiger partial charge in [-0.1, -0.05) is 155 Å². The maximum atomic E-state index is 5.49. The smallest absolute Gasteiger partial charge is 0.0861 e. The molecule has 1 nitrogen and oxygen atoms in total. The van der Waals surface area contributed by atoms with Gasteiger partial charge in [-0.25, -0.2) is 0 Å². The molecular formula is C32H62O. The van der Waals surface area contributed by atoms with E-state index < -0.39 is 0 Å².